The van der Waals surface area contributed by atoms with Crippen LogP contribution in [-0.4, -0.2) is 40.4 Å². The van der Waals surface area contributed by atoms with Gasteiger partial charge in [0.15, 0.2) is 12.1 Å². The summed E-state index contributed by atoms with van der Waals surface area (Å²) in [5, 5.41) is 6.36. The number of carbonyl (C=O) groups is 3. The summed E-state index contributed by atoms with van der Waals surface area (Å²) in [6, 6.07) is 26.0. The number of carbonyl (C=O) groups excluding carboxylic acids is 3. The molecule has 2 heterocycles. The predicted molar refractivity (Wildman–Crippen MR) is 157 cm³/mol. The Hall–Kier alpha value is -4.69. The molecule has 0 saturated carbocycles. The molecule has 1 aliphatic heterocycles. The lowest BCUT2D eigenvalue weighted by Crippen LogP contribution is -2.46. The standard InChI is InChI=1S/C32H29ClN4O4/c1-21-11-13-23(14-12-21)30(38)36-27-10-5-7-24(19-27)29-28(31(39)35-17-15-26-9-2-3-16-34-26)37(32(40)41-29)20-22-6-4-8-25(33)18-22/h2-14,16,18-19,28-29H,15,17,20H2,1H3,(H,35,39)(H,36,38)/t28-,29+/m1/s1. The SMILES string of the molecule is Cc1ccc(C(=O)Nc2cccc([C@@H]3OC(=O)N(Cc4cccc(Cl)c4)[C@H]3C(=O)NCCc3ccccn3)c2)cc1. The number of halogens is 1. The van der Waals surface area contributed by atoms with Gasteiger partial charge in [-0.05, 0) is 66.6 Å². The molecule has 2 atom stereocenters. The number of cyclic esters (lactones) is 1. The third-order valence-corrected chi connectivity index (χ3v) is 7.02. The number of amides is 3. The molecule has 9 heteroatoms. The maximum Gasteiger partial charge on any atom is 0.411 e. The van der Waals surface area contributed by atoms with Crippen LogP contribution in [0, 0.1) is 6.92 Å². The Labute approximate surface area is 243 Å². The van der Waals surface area contributed by atoms with Gasteiger partial charge < -0.3 is 15.4 Å². The lowest BCUT2D eigenvalue weighted by Gasteiger charge is -2.24. The second kappa shape index (κ2) is 12.7. The van der Waals surface area contributed by atoms with Gasteiger partial charge in [-0.25, -0.2) is 4.79 Å². The van der Waals surface area contributed by atoms with Gasteiger partial charge in [-0.1, -0.05) is 59.6 Å². The van der Waals surface area contributed by atoms with Crippen molar-refractivity contribution >= 4 is 35.2 Å². The summed E-state index contributed by atoms with van der Waals surface area (Å²) in [6.45, 7) is 2.43. The molecule has 1 aliphatic rings. The van der Waals surface area contributed by atoms with E-state index >= 15 is 0 Å². The highest BCUT2D eigenvalue weighted by molar-refractivity contribution is 6.30. The summed E-state index contributed by atoms with van der Waals surface area (Å²) >= 11 is 6.17. The van der Waals surface area contributed by atoms with Crippen LogP contribution >= 0.6 is 11.6 Å². The smallest absolute Gasteiger partial charge is 0.411 e. The van der Waals surface area contributed by atoms with E-state index in [4.69, 9.17) is 16.3 Å². The summed E-state index contributed by atoms with van der Waals surface area (Å²) in [7, 11) is 0. The average molecular weight is 569 g/mol. The zero-order chi connectivity index (χ0) is 28.8. The molecule has 0 radical (unpaired) electrons. The molecule has 41 heavy (non-hydrogen) atoms. The first-order valence-electron chi connectivity index (χ1n) is 13.2. The minimum atomic E-state index is -0.951. The van der Waals surface area contributed by atoms with Crippen LogP contribution in [0.25, 0.3) is 0 Å². The van der Waals surface area contributed by atoms with Gasteiger partial charge >= 0.3 is 6.09 Å². The van der Waals surface area contributed by atoms with Crippen LogP contribution in [0.5, 0.6) is 0 Å². The van der Waals surface area contributed by atoms with E-state index in [1.54, 1.807) is 60.8 Å². The van der Waals surface area contributed by atoms with Crippen molar-refractivity contribution in [1.29, 1.82) is 0 Å². The van der Waals surface area contributed by atoms with Crippen molar-refractivity contribution in [2.75, 3.05) is 11.9 Å². The van der Waals surface area contributed by atoms with Crippen LogP contribution in [0.4, 0.5) is 10.5 Å². The number of anilines is 1. The minimum Gasteiger partial charge on any atom is -0.438 e. The van der Waals surface area contributed by atoms with E-state index in [0.29, 0.717) is 34.8 Å². The molecule has 0 spiro atoms. The molecular weight excluding hydrogens is 540 g/mol. The fraction of sp³-hybridized carbons (Fsp3) is 0.188. The lowest BCUT2D eigenvalue weighted by molar-refractivity contribution is -0.126. The Morgan fingerprint density at radius 1 is 0.976 bits per heavy atom. The van der Waals surface area contributed by atoms with Gasteiger partial charge in [-0.2, -0.15) is 0 Å². The van der Waals surface area contributed by atoms with Crippen LogP contribution in [0.2, 0.25) is 5.02 Å². The average Bonchev–Trinajstić information content (AvgIpc) is 3.29. The van der Waals surface area contributed by atoms with Crippen molar-refractivity contribution in [2.45, 2.75) is 32.0 Å². The van der Waals surface area contributed by atoms with Crippen LogP contribution < -0.4 is 10.6 Å². The highest BCUT2D eigenvalue weighted by Crippen LogP contribution is 2.35. The Kier molecular flexibility index (Phi) is 8.60. The molecule has 208 valence electrons. The number of hydrogen-bond donors (Lipinski definition) is 2. The second-order valence-corrected chi connectivity index (χ2v) is 10.3. The maximum atomic E-state index is 13.6. The molecule has 4 aromatic rings. The van der Waals surface area contributed by atoms with E-state index in [0.717, 1.165) is 16.8 Å². The van der Waals surface area contributed by atoms with Crippen LogP contribution in [0.3, 0.4) is 0 Å². The van der Waals surface area contributed by atoms with Crippen LogP contribution in [0.15, 0.2) is 97.2 Å². The summed E-state index contributed by atoms with van der Waals surface area (Å²) in [4.78, 5) is 45.3. The second-order valence-electron chi connectivity index (χ2n) is 9.81. The zero-order valence-corrected chi connectivity index (χ0v) is 23.2. The molecule has 0 unspecified atom stereocenters. The van der Waals surface area contributed by atoms with Crippen LogP contribution in [-0.2, 0) is 22.5 Å². The first-order chi connectivity index (χ1) is 19.9. The van der Waals surface area contributed by atoms with Gasteiger partial charge in [0.25, 0.3) is 5.91 Å². The van der Waals surface area contributed by atoms with Crippen LogP contribution in [0.1, 0.15) is 38.8 Å². The van der Waals surface area contributed by atoms with E-state index < -0.39 is 18.2 Å². The summed E-state index contributed by atoms with van der Waals surface area (Å²) in [6.07, 6.45) is 0.725. The Balaban J connectivity index is 1.38. The van der Waals surface area contributed by atoms with Crippen molar-refractivity contribution in [3.63, 3.8) is 0 Å². The van der Waals surface area contributed by atoms with E-state index in [1.807, 2.05) is 43.3 Å². The van der Waals surface area contributed by atoms with Gasteiger partial charge in [-0.3, -0.25) is 19.5 Å². The predicted octanol–water partition coefficient (Wildman–Crippen LogP) is 5.72. The zero-order valence-electron chi connectivity index (χ0n) is 22.4. The first kappa shape index (κ1) is 27.9. The lowest BCUT2D eigenvalue weighted by atomic mass is 10.00. The van der Waals surface area contributed by atoms with Gasteiger partial charge in [-0.15, -0.1) is 0 Å². The van der Waals surface area contributed by atoms with Gasteiger partial charge in [0.05, 0.1) is 6.54 Å². The molecule has 1 aromatic heterocycles. The summed E-state index contributed by atoms with van der Waals surface area (Å²) in [5.74, 6) is -0.620. The molecule has 5 rings (SSSR count). The largest absolute Gasteiger partial charge is 0.438 e. The number of hydrogen-bond acceptors (Lipinski definition) is 5. The van der Waals surface area contributed by atoms with Crippen molar-refractivity contribution in [1.82, 2.24) is 15.2 Å². The number of pyridine rings is 1. The van der Waals surface area contributed by atoms with E-state index in [2.05, 4.69) is 15.6 Å². The molecule has 2 N–H and O–H groups in total. The highest BCUT2D eigenvalue weighted by Gasteiger charge is 2.47. The van der Waals surface area contributed by atoms with E-state index in [1.165, 1.54) is 4.90 Å². The Bertz CT molecular complexity index is 1550. The third kappa shape index (κ3) is 6.91. The van der Waals surface area contributed by atoms with Gasteiger partial charge in [0.1, 0.15) is 0 Å². The molecule has 3 aromatic carbocycles. The number of aromatic nitrogens is 1. The quantitative estimate of drug-likeness (QED) is 0.269. The van der Waals surface area contributed by atoms with Crippen molar-refractivity contribution < 1.29 is 19.1 Å². The number of rotatable bonds is 9. The first-order valence-corrected chi connectivity index (χ1v) is 13.6. The van der Waals surface area contributed by atoms with Crippen molar-refractivity contribution in [3.05, 3.63) is 130 Å². The van der Waals surface area contributed by atoms with Gasteiger partial charge in [0, 0.05) is 41.1 Å². The fourth-order valence-corrected chi connectivity index (χ4v) is 4.92. The molecule has 1 saturated heterocycles. The van der Waals surface area contributed by atoms with Gasteiger partial charge in [0.2, 0.25) is 5.91 Å². The van der Waals surface area contributed by atoms with Crippen molar-refractivity contribution in [3.8, 4) is 0 Å². The number of nitrogens with zero attached hydrogens (tertiary/aromatic N) is 2. The molecule has 3 amide bonds. The molecule has 0 bridgehead atoms. The third-order valence-electron chi connectivity index (χ3n) is 6.79. The maximum absolute atomic E-state index is 13.6. The molecule has 1 fully saturated rings. The number of nitrogens with one attached hydrogen (secondary N) is 2. The minimum absolute atomic E-state index is 0.137. The number of ether oxygens (including phenoxy) is 1. The highest BCUT2D eigenvalue weighted by atomic mass is 35.5. The molecule has 8 nitrogen and oxygen atoms in total. The van der Waals surface area contributed by atoms with E-state index in [-0.39, 0.29) is 18.4 Å². The normalized spacial score (nSPS) is 16.2. The Morgan fingerprint density at radius 3 is 2.54 bits per heavy atom. The monoisotopic (exact) mass is 568 g/mol. The molecule has 0 aliphatic carbocycles. The fourth-order valence-electron chi connectivity index (χ4n) is 4.71. The van der Waals surface area contributed by atoms with E-state index in [9.17, 15) is 14.4 Å². The summed E-state index contributed by atoms with van der Waals surface area (Å²) < 4.78 is 5.79. The van der Waals surface area contributed by atoms with Crippen molar-refractivity contribution in [2.24, 2.45) is 0 Å². The Morgan fingerprint density at radius 2 is 1.78 bits per heavy atom. The number of benzene rings is 3. The topological polar surface area (TPSA) is 101 Å². The summed E-state index contributed by atoms with van der Waals surface area (Å²) in [5.41, 5.74) is 4.28. The molecular formula is C32H29ClN4O4. The number of aryl methyl sites for hydroxylation is 1.